The third kappa shape index (κ3) is 5.21. The summed E-state index contributed by atoms with van der Waals surface area (Å²) in [5.74, 6) is 1.95. The molecule has 0 saturated carbocycles. The number of aromatic nitrogens is 5. The Morgan fingerprint density at radius 1 is 0.286 bits per heavy atom. The van der Waals surface area contributed by atoms with Crippen molar-refractivity contribution in [2.45, 2.75) is 0 Å². The second-order valence-electron chi connectivity index (χ2n) is 14.1. The summed E-state index contributed by atoms with van der Waals surface area (Å²) >= 11 is 0. The fourth-order valence-corrected chi connectivity index (χ4v) is 8.19. The summed E-state index contributed by atoms with van der Waals surface area (Å²) in [4.78, 5) is 14.8. The summed E-state index contributed by atoms with van der Waals surface area (Å²) in [5, 5.41) is 4.83. The Bertz CT molecular complexity index is 3220. The average molecular weight is 716 g/mol. The van der Waals surface area contributed by atoms with E-state index in [9.17, 15) is 0 Å². The van der Waals surface area contributed by atoms with Crippen LogP contribution in [0.15, 0.2) is 200 Å². The van der Waals surface area contributed by atoms with Crippen LogP contribution in [0.3, 0.4) is 0 Å². The molecule has 11 rings (SSSR count). The van der Waals surface area contributed by atoms with Crippen LogP contribution < -0.4 is 0 Å². The minimum atomic E-state index is 0.643. The van der Waals surface area contributed by atoms with Gasteiger partial charge in [0.2, 0.25) is 0 Å². The van der Waals surface area contributed by atoms with Crippen molar-refractivity contribution in [1.29, 1.82) is 0 Å². The predicted molar refractivity (Wildman–Crippen MR) is 231 cm³/mol. The zero-order chi connectivity index (χ0) is 37.0. The molecule has 0 fully saturated rings. The van der Waals surface area contributed by atoms with Gasteiger partial charge in [0.15, 0.2) is 17.5 Å². The molecular formula is C51H33N5. The molecule has 262 valence electrons. The van der Waals surface area contributed by atoms with Crippen molar-refractivity contribution in [3.63, 3.8) is 0 Å². The highest BCUT2D eigenvalue weighted by atomic mass is 15.0. The lowest BCUT2D eigenvalue weighted by Gasteiger charge is -2.16. The lowest BCUT2D eigenvalue weighted by atomic mass is 10.0. The first-order valence-electron chi connectivity index (χ1n) is 18.9. The maximum absolute atomic E-state index is 4.95. The summed E-state index contributed by atoms with van der Waals surface area (Å²) in [6, 6.07) is 70.6. The lowest BCUT2D eigenvalue weighted by Crippen LogP contribution is -2.00. The van der Waals surface area contributed by atoms with Gasteiger partial charge < -0.3 is 8.97 Å². The van der Waals surface area contributed by atoms with Crippen molar-refractivity contribution in [2.75, 3.05) is 0 Å². The van der Waals surface area contributed by atoms with Gasteiger partial charge in [-0.1, -0.05) is 158 Å². The number of fused-ring (bicyclic) bond motifs is 7. The van der Waals surface area contributed by atoms with Crippen molar-refractivity contribution in [3.8, 4) is 51.0 Å². The first kappa shape index (κ1) is 31.9. The zero-order valence-corrected chi connectivity index (χ0v) is 30.3. The fourth-order valence-electron chi connectivity index (χ4n) is 8.19. The van der Waals surface area contributed by atoms with Crippen LogP contribution in [0.1, 0.15) is 0 Å². The molecule has 0 aliphatic rings. The van der Waals surface area contributed by atoms with Gasteiger partial charge >= 0.3 is 0 Å². The molecular weight excluding hydrogens is 683 g/mol. The predicted octanol–water partition coefficient (Wildman–Crippen LogP) is 12.8. The normalized spacial score (nSPS) is 11.6. The van der Waals surface area contributed by atoms with E-state index in [1.807, 2.05) is 60.7 Å². The van der Waals surface area contributed by atoms with E-state index in [1.54, 1.807) is 0 Å². The minimum absolute atomic E-state index is 0.643. The number of nitrogens with zero attached hydrogens (tertiary/aromatic N) is 5. The Balaban J connectivity index is 1.10. The molecule has 8 aromatic carbocycles. The first-order chi connectivity index (χ1) is 27.8. The number of rotatable bonds is 5. The summed E-state index contributed by atoms with van der Waals surface area (Å²) < 4.78 is 4.86. The Morgan fingerprint density at radius 3 is 1.39 bits per heavy atom. The summed E-state index contributed by atoms with van der Waals surface area (Å²) in [6.45, 7) is 0. The molecule has 11 aromatic rings. The molecule has 5 nitrogen and oxygen atoms in total. The minimum Gasteiger partial charge on any atom is -0.308 e. The maximum Gasteiger partial charge on any atom is 0.164 e. The van der Waals surface area contributed by atoms with Crippen LogP contribution in [0.5, 0.6) is 0 Å². The van der Waals surface area contributed by atoms with Gasteiger partial charge in [-0.3, -0.25) is 0 Å². The molecule has 0 radical (unpaired) electrons. The van der Waals surface area contributed by atoms with Crippen LogP contribution in [0, 0.1) is 0 Å². The number of hydrogen-bond donors (Lipinski definition) is 0. The fraction of sp³-hybridized carbons (Fsp3) is 0. The van der Waals surface area contributed by atoms with E-state index in [-0.39, 0.29) is 0 Å². The van der Waals surface area contributed by atoms with Gasteiger partial charge in [0.25, 0.3) is 0 Å². The highest BCUT2D eigenvalue weighted by Gasteiger charge is 2.18. The summed E-state index contributed by atoms with van der Waals surface area (Å²) in [6.07, 6.45) is 0. The van der Waals surface area contributed by atoms with Crippen molar-refractivity contribution < 1.29 is 0 Å². The molecule has 0 N–H and O–H groups in total. The van der Waals surface area contributed by atoms with Crippen LogP contribution in [0.25, 0.3) is 100 Å². The van der Waals surface area contributed by atoms with Gasteiger partial charge in [-0.05, 0) is 53.6 Å². The Hall–Kier alpha value is -7.63. The van der Waals surface area contributed by atoms with Gasteiger partial charge in [-0.2, -0.15) is 0 Å². The van der Waals surface area contributed by atoms with Crippen LogP contribution in [-0.2, 0) is 0 Å². The molecule has 5 heteroatoms. The second kappa shape index (κ2) is 13.0. The Kier molecular flexibility index (Phi) is 7.42. The van der Waals surface area contributed by atoms with Crippen molar-refractivity contribution in [3.05, 3.63) is 200 Å². The van der Waals surface area contributed by atoms with Gasteiger partial charge in [0.05, 0.1) is 27.6 Å². The molecule has 3 heterocycles. The monoisotopic (exact) mass is 715 g/mol. The number of benzene rings is 8. The molecule has 0 atom stereocenters. The molecule has 0 saturated heterocycles. The average Bonchev–Trinajstić information content (AvgIpc) is 3.61. The molecule has 0 aliphatic heterocycles. The summed E-state index contributed by atoms with van der Waals surface area (Å²) in [5.41, 5.74) is 12.0. The molecule has 56 heavy (non-hydrogen) atoms. The van der Waals surface area contributed by atoms with E-state index >= 15 is 0 Å². The summed E-state index contributed by atoms with van der Waals surface area (Å²) in [7, 11) is 0. The number of hydrogen-bond acceptors (Lipinski definition) is 3. The van der Waals surface area contributed by atoms with Gasteiger partial charge in [0.1, 0.15) is 0 Å². The Labute approximate surface area is 323 Å². The SMILES string of the molecule is c1ccc(-c2nc(-c3ccccc3)nc(-c3ccc(-c4ccc5c(c4)c4cccc6c7ccccc7n(-c7ccccc7)c7ccccc7n5c64)cc3)n2)cc1. The third-order valence-electron chi connectivity index (χ3n) is 10.8. The van der Waals surface area contributed by atoms with Crippen molar-refractivity contribution in [2.24, 2.45) is 0 Å². The van der Waals surface area contributed by atoms with E-state index < -0.39 is 0 Å². The van der Waals surface area contributed by atoms with Crippen LogP contribution in [0.4, 0.5) is 0 Å². The highest BCUT2D eigenvalue weighted by molar-refractivity contribution is 6.20. The van der Waals surface area contributed by atoms with E-state index in [0.717, 1.165) is 50.1 Å². The molecule has 0 bridgehead atoms. The first-order valence-corrected chi connectivity index (χ1v) is 18.9. The largest absolute Gasteiger partial charge is 0.308 e. The van der Waals surface area contributed by atoms with Crippen LogP contribution in [-0.4, -0.2) is 23.9 Å². The van der Waals surface area contributed by atoms with Crippen molar-refractivity contribution in [1.82, 2.24) is 23.9 Å². The van der Waals surface area contributed by atoms with Crippen LogP contribution >= 0.6 is 0 Å². The molecule has 0 aliphatic carbocycles. The van der Waals surface area contributed by atoms with Crippen molar-refractivity contribution >= 4 is 49.1 Å². The standard InChI is InChI=1S/C51H33N5/c1-4-15-35(16-5-1)49-52-50(36-17-6-2-7-18-36)54-51(53-49)37-29-27-34(28-30-37)38-31-32-45-43(33-38)42-23-14-22-41-40-21-10-11-24-44(40)55(39-19-8-3-9-20-39)46-25-12-13-26-47(46)56(45)48(41)42/h1-33H. The molecule has 0 amide bonds. The lowest BCUT2D eigenvalue weighted by molar-refractivity contribution is 1.07. The van der Waals surface area contributed by atoms with Gasteiger partial charge in [-0.15, -0.1) is 0 Å². The van der Waals surface area contributed by atoms with E-state index in [4.69, 9.17) is 15.0 Å². The number of para-hydroxylation sites is 5. The zero-order valence-electron chi connectivity index (χ0n) is 30.3. The van der Waals surface area contributed by atoms with Gasteiger partial charge in [-0.25, -0.2) is 15.0 Å². The maximum atomic E-state index is 4.95. The smallest absolute Gasteiger partial charge is 0.164 e. The second-order valence-corrected chi connectivity index (χ2v) is 14.1. The van der Waals surface area contributed by atoms with E-state index in [2.05, 4.69) is 148 Å². The van der Waals surface area contributed by atoms with E-state index in [0.29, 0.717) is 17.5 Å². The van der Waals surface area contributed by atoms with Crippen LogP contribution in [0.2, 0.25) is 0 Å². The molecule has 0 unspecified atom stereocenters. The molecule has 3 aromatic heterocycles. The highest BCUT2D eigenvalue weighted by Crippen LogP contribution is 2.39. The quantitative estimate of drug-likeness (QED) is 0.178. The third-order valence-corrected chi connectivity index (χ3v) is 10.8. The Morgan fingerprint density at radius 2 is 0.750 bits per heavy atom. The topological polar surface area (TPSA) is 48.0 Å². The van der Waals surface area contributed by atoms with E-state index in [1.165, 1.54) is 32.6 Å². The molecule has 0 spiro atoms. The van der Waals surface area contributed by atoms with Gasteiger partial charge in [0, 0.05) is 43.9 Å².